The number of halogens is 2. The van der Waals surface area contributed by atoms with Crippen molar-refractivity contribution >= 4 is 40.2 Å². The number of pyridine rings is 1. The minimum Gasteiger partial charge on any atom is -0.459 e. The van der Waals surface area contributed by atoms with Crippen LogP contribution in [0.15, 0.2) is 35.8 Å². The number of alkyl halides is 2. The summed E-state index contributed by atoms with van der Waals surface area (Å²) in [5.74, 6) is -4.17. The molecule has 2 unspecified atom stereocenters. The number of aromatic nitrogens is 3. The molecule has 11 nitrogen and oxygen atoms in total. The van der Waals surface area contributed by atoms with E-state index in [0.717, 1.165) is 49.9 Å². The van der Waals surface area contributed by atoms with E-state index in [1.54, 1.807) is 7.11 Å². The van der Waals surface area contributed by atoms with Crippen LogP contribution in [0.3, 0.4) is 0 Å². The van der Waals surface area contributed by atoms with E-state index >= 15 is 8.78 Å². The molecule has 0 radical (unpaired) electrons. The third-order valence-electron chi connectivity index (χ3n) is 9.06. The van der Waals surface area contributed by atoms with Crippen LogP contribution in [-0.4, -0.2) is 103 Å². The van der Waals surface area contributed by atoms with Crippen LogP contribution in [0.5, 0.6) is 0 Å². The van der Waals surface area contributed by atoms with Crippen molar-refractivity contribution < 1.29 is 32.6 Å². The van der Waals surface area contributed by atoms with Gasteiger partial charge in [0.05, 0.1) is 58.8 Å². The fourth-order valence-corrected chi connectivity index (χ4v) is 7.19. The predicted octanol–water partition coefficient (Wildman–Crippen LogP) is 5.52. The lowest BCUT2D eigenvalue weighted by atomic mass is 9.96. The summed E-state index contributed by atoms with van der Waals surface area (Å²) in [4.78, 5) is 37.0. The highest BCUT2D eigenvalue weighted by Crippen LogP contribution is 2.42. The number of benzene rings is 1. The maximum atomic E-state index is 16.0. The van der Waals surface area contributed by atoms with Gasteiger partial charge < -0.3 is 39.1 Å². The summed E-state index contributed by atoms with van der Waals surface area (Å²) in [6.45, 7) is 9.93. The van der Waals surface area contributed by atoms with Crippen LogP contribution in [0.1, 0.15) is 50.1 Å². The Morgan fingerprint density at radius 3 is 2.57 bits per heavy atom. The molecule has 1 aliphatic heterocycles. The second-order valence-corrected chi connectivity index (χ2v) is 14.3. The molecule has 5 rings (SSSR count). The van der Waals surface area contributed by atoms with Gasteiger partial charge in [-0.1, -0.05) is 6.07 Å². The summed E-state index contributed by atoms with van der Waals surface area (Å²) in [6, 6.07) is 7.09. The first-order chi connectivity index (χ1) is 24.3. The van der Waals surface area contributed by atoms with Gasteiger partial charge in [-0.2, -0.15) is 0 Å². The molecule has 51 heavy (non-hydrogen) atoms. The number of anilines is 1. The molecular formula is C37H48F2N6O5S. The maximum Gasteiger partial charge on any atom is 0.302 e. The Labute approximate surface area is 301 Å². The molecule has 4 heterocycles. The number of nitrogens with zero attached hydrogens (tertiary/aromatic N) is 5. The van der Waals surface area contributed by atoms with Crippen LogP contribution in [0, 0.1) is 0 Å². The summed E-state index contributed by atoms with van der Waals surface area (Å²) in [5.41, 5.74) is 11.1. The highest BCUT2D eigenvalue weighted by atomic mass is 32.1. The van der Waals surface area contributed by atoms with Gasteiger partial charge in [-0.3, -0.25) is 9.78 Å². The predicted molar refractivity (Wildman–Crippen MR) is 196 cm³/mol. The molecule has 1 aromatic carbocycles. The fourth-order valence-electron chi connectivity index (χ4n) is 6.31. The number of likely N-dealkylation sites (N-methyl/N-ethyl adjacent to an activating group) is 1. The third-order valence-corrected chi connectivity index (χ3v) is 9.93. The second-order valence-electron chi connectivity index (χ2n) is 13.4. The molecule has 2 atom stereocenters. The average molecular weight is 727 g/mol. The summed E-state index contributed by atoms with van der Waals surface area (Å²) >= 11 is 1.39. The number of ether oxygens (including phenoxy) is 3. The van der Waals surface area contributed by atoms with Crippen molar-refractivity contribution in [1.82, 2.24) is 19.4 Å². The number of rotatable bonds is 16. The second kappa shape index (κ2) is 16.7. The van der Waals surface area contributed by atoms with Crippen LogP contribution in [0.4, 0.5) is 14.5 Å². The van der Waals surface area contributed by atoms with Gasteiger partial charge in [0.2, 0.25) is 0 Å². The van der Waals surface area contributed by atoms with E-state index in [4.69, 9.17) is 29.9 Å². The molecule has 0 spiro atoms. The van der Waals surface area contributed by atoms with Crippen LogP contribution in [0.2, 0.25) is 0 Å². The number of piperazine rings is 1. The van der Waals surface area contributed by atoms with Gasteiger partial charge in [0, 0.05) is 87.0 Å². The van der Waals surface area contributed by atoms with Crippen molar-refractivity contribution in [2.24, 2.45) is 5.73 Å². The van der Waals surface area contributed by atoms with E-state index in [1.165, 1.54) is 11.3 Å². The Morgan fingerprint density at radius 1 is 1.16 bits per heavy atom. The zero-order chi connectivity index (χ0) is 36.9. The lowest BCUT2D eigenvalue weighted by molar-refractivity contribution is -0.152. The molecule has 2 N–H and O–H groups in total. The molecule has 4 aromatic rings. The molecule has 3 aromatic heterocycles. The standard InChI is InChI=1S/C37H48F2N6O5S/c1-23(2)49-14-13-45-33-8-7-26(32-21-51-34(42-32)16-27(40)20-46)15-29(33)31(18-37(38,39)22-50-25(4)47)36(45)30-17-28(19-41-35(30)24(3)48-6)44-11-9-43(5)10-12-44/h7-8,15,17,19-21,23-24,27H,9-14,16,18,22,40H2,1-6H3. The molecule has 0 amide bonds. The molecule has 14 heteroatoms. The van der Waals surface area contributed by atoms with E-state index in [-0.39, 0.29) is 6.10 Å². The van der Waals surface area contributed by atoms with Crippen LogP contribution < -0.4 is 10.6 Å². The van der Waals surface area contributed by atoms with Crippen LogP contribution in [-0.2, 0) is 43.2 Å². The lowest BCUT2D eigenvalue weighted by Gasteiger charge is -2.34. The minimum absolute atomic E-state index is 0.0353. The Morgan fingerprint density at radius 2 is 1.90 bits per heavy atom. The average Bonchev–Trinajstić information content (AvgIpc) is 3.68. The van der Waals surface area contributed by atoms with E-state index in [0.29, 0.717) is 64.5 Å². The SMILES string of the molecule is COC(C)c1ncc(N2CCN(C)CC2)cc1-c1c(CC(F)(F)COC(C)=O)c2cc(-c3csc(CC(N)C=O)n3)ccc2n1CCOC(C)C. The lowest BCUT2D eigenvalue weighted by Crippen LogP contribution is -2.44. The number of aldehydes is 1. The normalized spacial score (nSPS) is 15.5. The maximum absolute atomic E-state index is 16.0. The molecule has 1 aliphatic rings. The first-order valence-corrected chi connectivity index (χ1v) is 18.1. The number of nitrogens with two attached hydrogens (primary N) is 1. The number of fused-ring (bicyclic) bond motifs is 1. The largest absolute Gasteiger partial charge is 0.459 e. The van der Waals surface area contributed by atoms with Gasteiger partial charge in [0.25, 0.3) is 5.92 Å². The van der Waals surface area contributed by atoms with Gasteiger partial charge in [-0.25, -0.2) is 13.8 Å². The van der Waals surface area contributed by atoms with Gasteiger partial charge in [-0.05, 0) is 51.6 Å². The number of carbonyl (C=O) groups is 2. The Balaban J connectivity index is 1.76. The third kappa shape index (κ3) is 9.35. The van der Waals surface area contributed by atoms with E-state index in [9.17, 15) is 9.59 Å². The van der Waals surface area contributed by atoms with Gasteiger partial charge in [0.15, 0.2) is 6.61 Å². The number of hydrogen-bond acceptors (Lipinski definition) is 11. The topological polar surface area (TPSA) is 125 Å². The zero-order valence-electron chi connectivity index (χ0n) is 30.2. The van der Waals surface area contributed by atoms with Crippen molar-refractivity contribution in [2.75, 3.05) is 58.5 Å². The molecule has 0 saturated carbocycles. The molecule has 1 fully saturated rings. The first kappa shape index (κ1) is 38.4. The van der Waals surface area contributed by atoms with Crippen molar-refractivity contribution in [3.8, 4) is 22.5 Å². The summed E-state index contributed by atoms with van der Waals surface area (Å²) in [6.07, 6.45) is 1.64. The van der Waals surface area contributed by atoms with Crippen LogP contribution >= 0.6 is 11.3 Å². The van der Waals surface area contributed by atoms with Crippen LogP contribution in [0.25, 0.3) is 33.4 Å². The summed E-state index contributed by atoms with van der Waals surface area (Å²) in [5, 5.41) is 3.18. The van der Waals surface area contributed by atoms with Gasteiger partial charge >= 0.3 is 5.97 Å². The van der Waals surface area contributed by atoms with E-state index in [2.05, 4.69) is 16.8 Å². The molecule has 0 aliphatic carbocycles. The van der Waals surface area contributed by atoms with Gasteiger partial charge in [0.1, 0.15) is 6.29 Å². The Hall–Kier alpha value is -3.82. The van der Waals surface area contributed by atoms with E-state index in [1.807, 2.05) is 61.2 Å². The highest BCUT2D eigenvalue weighted by molar-refractivity contribution is 7.10. The number of esters is 1. The molecule has 276 valence electrons. The van der Waals surface area contributed by atoms with Crippen molar-refractivity contribution in [3.63, 3.8) is 0 Å². The quantitative estimate of drug-likeness (QED) is 0.117. The van der Waals surface area contributed by atoms with Gasteiger partial charge in [-0.15, -0.1) is 11.3 Å². The number of methoxy groups -OCH3 is 1. The van der Waals surface area contributed by atoms with E-state index < -0.39 is 37.1 Å². The molecule has 1 saturated heterocycles. The van der Waals surface area contributed by atoms with Crippen molar-refractivity contribution in [2.45, 2.75) is 71.3 Å². The minimum atomic E-state index is -3.39. The summed E-state index contributed by atoms with van der Waals surface area (Å²) in [7, 11) is 3.69. The van der Waals surface area contributed by atoms with Crippen molar-refractivity contribution in [1.29, 1.82) is 0 Å². The molecule has 0 bridgehead atoms. The highest BCUT2D eigenvalue weighted by Gasteiger charge is 2.36. The smallest absolute Gasteiger partial charge is 0.302 e. The Bertz CT molecular complexity index is 1820. The zero-order valence-corrected chi connectivity index (χ0v) is 31.0. The first-order valence-electron chi connectivity index (χ1n) is 17.2. The number of carbonyl (C=O) groups excluding carboxylic acids is 2. The molecular weight excluding hydrogens is 679 g/mol. The number of hydrogen-bond donors (Lipinski definition) is 1. The number of thiazole rings is 1. The summed E-state index contributed by atoms with van der Waals surface area (Å²) < 4.78 is 50.6. The monoisotopic (exact) mass is 726 g/mol. The Kier molecular flexibility index (Phi) is 12.6. The fraction of sp³-hybridized carbons (Fsp3) is 0.514. The van der Waals surface area contributed by atoms with Crippen molar-refractivity contribution in [3.05, 3.63) is 52.1 Å².